The second kappa shape index (κ2) is 7.17. The molecule has 1 rings (SSSR count). The van der Waals surface area contributed by atoms with Crippen molar-refractivity contribution in [2.45, 2.75) is 12.8 Å². The summed E-state index contributed by atoms with van der Waals surface area (Å²) in [6, 6.07) is 7.40. The van der Waals surface area contributed by atoms with E-state index < -0.39 is 0 Å². The van der Waals surface area contributed by atoms with Crippen LogP contribution in [0.2, 0.25) is 0 Å². The van der Waals surface area contributed by atoms with Crippen LogP contribution in [0, 0.1) is 11.3 Å². The monoisotopic (exact) mass is 248 g/mol. The molecule has 0 aliphatic carbocycles. The van der Waals surface area contributed by atoms with Gasteiger partial charge in [-0.1, -0.05) is 6.07 Å². The molecule has 0 atom stereocenters. The number of benzene rings is 1. The predicted octanol–water partition coefficient (Wildman–Crippen LogP) is 1.28. The van der Waals surface area contributed by atoms with E-state index in [9.17, 15) is 4.79 Å². The van der Waals surface area contributed by atoms with Crippen LogP contribution in [0.25, 0.3) is 0 Å². The first-order valence-electron chi connectivity index (χ1n) is 5.55. The van der Waals surface area contributed by atoms with Gasteiger partial charge in [-0.25, -0.2) is 0 Å². The topological polar surface area (TPSA) is 71.3 Å². The molecule has 0 aliphatic rings. The van der Waals surface area contributed by atoms with Gasteiger partial charge in [0.2, 0.25) is 5.91 Å². The van der Waals surface area contributed by atoms with E-state index in [1.54, 1.807) is 20.3 Å². The van der Waals surface area contributed by atoms with E-state index in [1.807, 2.05) is 18.2 Å². The molecule has 0 fully saturated rings. The summed E-state index contributed by atoms with van der Waals surface area (Å²) >= 11 is 0. The van der Waals surface area contributed by atoms with E-state index in [-0.39, 0.29) is 12.5 Å². The molecule has 0 spiro atoms. The molecule has 18 heavy (non-hydrogen) atoms. The van der Waals surface area contributed by atoms with Crippen molar-refractivity contribution >= 4 is 5.91 Å². The third-order valence-corrected chi connectivity index (χ3v) is 2.45. The number of aryl methyl sites for hydroxylation is 1. The van der Waals surface area contributed by atoms with E-state index in [0.29, 0.717) is 24.3 Å². The number of nitrogens with one attached hydrogen (secondary N) is 1. The molecule has 0 unspecified atom stereocenters. The van der Waals surface area contributed by atoms with Crippen molar-refractivity contribution < 1.29 is 14.3 Å². The zero-order valence-electron chi connectivity index (χ0n) is 10.5. The Morgan fingerprint density at radius 2 is 2.06 bits per heavy atom. The van der Waals surface area contributed by atoms with E-state index >= 15 is 0 Å². The molecule has 1 amide bonds. The molecule has 0 heterocycles. The fraction of sp³-hybridized carbons (Fsp3) is 0.385. The van der Waals surface area contributed by atoms with Gasteiger partial charge in [0.05, 0.1) is 20.3 Å². The quantitative estimate of drug-likeness (QED) is 0.770. The minimum Gasteiger partial charge on any atom is -0.493 e. The maximum atomic E-state index is 11.3. The zero-order chi connectivity index (χ0) is 13.4. The molecule has 1 N–H and O–H groups in total. The van der Waals surface area contributed by atoms with Gasteiger partial charge in [0.25, 0.3) is 0 Å². The first-order chi connectivity index (χ1) is 8.71. The summed E-state index contributed by atoms with van der Waals surface area (Å²) in [6.45, 7) is 0.0464. The second-order valence-corrected chi connectivity index (χ2v) is 3.62. The van der Waals surface area contributed by atoms with Gasteiger partial charge in [-0.05, 0) is 24.1 Å². The minimum atomic E-state index is -0.133. The lowest BCUT2D eigenvalue weighted by atomic mass is 10.1. The van der Waals surface area contributed by atoms with Gasteiger partial charge >= 0.3 is 0 Å². The Labute approximate surface area is 106 Å². The van der Waals surface area contributed by atoms with Crippen LogP contribution in [0.3, 0.4) is 0 Å². The third kappa shape index (κ3) is 3.98. The highest BCUT2D eigenvalue weighted by molar-refractivity contribution is 5.76. The highest BCUT2D eigenvalue weighted by Crippen LogP contribution is 2.27. The Morgan fingerprint density at radius 3 is 2.67 bits per heavy atom. The summed E-state index contributed by atoms with van der Waals surface area (Å²) in [7, 11) is 3.15. The van der Waals surface area contributed by atoms with Crippen LogP contribution in [0.1, 0.15) is 12.0 Å². The molecule has 1 aromatic carbocycles. The molecule has 5 heteroatoms. The Kier molecular flexibility index (Phi) is 5.52. The van der Waals surface area contributed by atoms with Crippen LogP contribution < -0.4 is 14.8 Å². The summed E-state index contributed by atoms with van der Waals surface area (Å²) in [4.78, 5) is 11.3. The van der Waals surface area contributed by atoms with Crippen molar-refractivity contribution in [3.8, 4) is 17.6 Å². The van der Waals surface area contributed by atoms with Gasteiger partial charge in [0.1, 0.15) is 6.54 Å². The SMILES string of the molecule is COc1ccc(CCC(=O)NCC#N)cc1OC. The van der Waals surface area contributed by atoms with Crippen LogP contribution in [0.5, 0.6) is 11.5 Å². The summed E-state index contributed by atoms with van der Waals surface area (Å²) < 4.78 is 10.3. The number of nitriles is 1. The number of methoxy groups -OCH3 is 2. The van der Waals surface area contributed by atoms with Crippen LogP contribution in [-0.4, -0.2) is 26.7 Å². The van der Waals surface area contributed by atoms with E-state index in [4.69, 9.17) is 14.7 Å². The van der Waals surface area contributed by atoms with E-state index in [1.165, 1.54) is 0 Å². The van der Waals surface area contributed by atoms with Crippen LogP contribution >= 0.6 is 0 Å². The molecule has 5 nitrogen and oxygen atoms in total. The highest BCUT2D eigenvalue weighted by atomic mass is 16.5. The lowest BCUT2D eigenvalue weighted by Crippen LogP contribution is -2.23. The molecule has 1 aromatic rings. The number of carbonyl (C=O) groups excluding carboxylic acids is 1. The average Bonchev–Trinajstić information content (AvgIpc) is 2.42. The highest BCUT2D eigenvalue weighted by Gasteiger charge is 2.06. The number of hydrogen-bond acceptors (Lipinski definition) is 4. The fourth-order valence-corrected chi connectivity index (χ4v) is 1.52. The van der Waals surface area contributed by atoms with Crippen LogP contribution in [0.15, 0.2) is 18.2 Å². The Hall–Kier alpha value is -2.22. The van der Waals surface area contributed by atoms with Gasteiger partial charge in [0, 0.05) is 6.42 Å². The van der Waals surface area contributed by atoms with E-state index in [2.05, 4.69) is 5.32 Å². The predicted molar refractivity (Wildman–Crippen MR) is 66.5 cm³/mol. The molecule has 0 saturated heterocycles. The molecular formula is C13H16N2O3. The molecule has 0 saturated carbocycles. The number of amides is 1. The molecule has 0 aliphatic heterocycles. The molecule has 96 valence electrons. The van der Waals surface area contributed by atoms with Crippen molar-refractivity contribution in [3.05, 3.63) is 23.8 Å². The van der Waals surface area contributed by atoms with Crippen LogP contribution in [0.4, 0.5) is 0 Å². The van der Waals surface area contributed by atoms with Gasteiger partial charge in [-0.2, -0.15) is 5.26 Å². The summed E-state index contributed by atoms with van der Waals surface area (Å²) in [5.74, 6) is 1.17. The largest absolute Gasteiger partial charge is 0.493 e. The number of nitrogens with zero attached hydrogens (tertiary/aromatic N) is 1. The van der Waals surface area contributed by atoms with Gasteiger partial charge in [-0.15, -0.1) is 0 Å². The molecule has 0 bridgehead atoms. The smallest absolute Gasteiger partial charge is 0.221 e. The molecule has 0 aromatic heterocycles. The standard InChI is InChI=1S/C13H16N2O3/c1-17-11-5-3-10(9-12(11)18-2)4-6-13(16)15-8-7-14/h3,5,9H,4,6,8H2,1-2H3,(H,15,16). The van der Waals surface area contributed by atoms with E-state index in [0.717, 1.165) is 5.56 Å². The number of ether oxygens (including phenoxy) is 2. The van der Waals surface area contributed by atoms with Crippen LogP contribution in [-0.2, 0) is 11.2 Å². The van der Waals surface area contributed by atoms with Gasteiger partial charge in [0.15, 0.2) is 11.5 Å². The maximum Gasteiger partial charge on any atom is 0.221 e. The summed E-state index contributed by atoms with van der Waals surface area (Å²) in [5.41, 5.74) is 0.986. The maximum absolute atomic E-state index is 11.3. The Morgan fingerprint density at radius 1 is 1.33 bits per heavy atom. The first-order valence-corrected chi connectivity index (χ1v) is 5.55. The number of carbonyl (C=O) groups is 1. The minimum absolute atomic E-state index is 0.0464. The lowest BCUT2D eigenvalue weighted by molar-refractivity contribution is -0.120. The first kappa shape index (κ1) is 13.8. The van der Waals surface area contributed by atoms with Crippen molar-refractivity contribution in [2.75, 3.05) is 20.8 Å². The van der Waals surface area contributed by atoms with Crippen molar-refractivity contribution in [1.29, 1.82) is 5.26 Å². The molecular weight excluding hydrogens is 232 g/mol. The summed E-state index contributed by atoms with van der Waals surface area (Å²) in [6.07, 6.45) is 0.939. The van der Waals surface area contributed by atoms with Crippen molar-refractivity contribution in [1.82, 2.24) is 5.32 Å². The normalized spacial score (nSPS) is 9.39. The Balaban J connectivity index is 2.58. The second-order valence-electron chi connectivity index (χ2n) is 3.62. The van der Waals surface area contributed by atoms with Crippen molar-refractivity contribution in [3.63, 3.8) is 0 Å². The average molecular weight is 248 g/mol. The fourth-order valence-electron chi connectivity index (χ4n) is 1.52. The number of rotatable bonds is 6. The Bertz CT molecular complexity index is 452. The lowest BCUT2D eigenvalue weighted by Gasteiger charge is -2.09. The van der Waals surface area contributed by atoms with Gasteiger partial charge < -0.3 is 14.8 Å². The molecule has 0 radical (unpaired) electrons. The number of hydrogen-bond donors (Lipinski definition) is 1. The van der Waals surface area contributed by atoms with Gasteiger partial charge in [-0.3, -0.25) is 4.79 Å². The van der Waals surface area contributed by atoms with Crippen molar-refractivity contribution in [2.24, 2.45) is 0 Å². The summed E-state index contributed by atoms with van der Waals surface area (Å²) in [5, 5.41) is 10.8. The third-order valence-electron chi connectivity index (χ3n) is 2.45. The zero-order valence-corrected chi connectivity index (χ0v) is 10.5.